The summed E-state index contributed by atoms with van der Waals surface area (Å²) in [5.41, 5.74) is 1.16. The van der Waals surface area contributed by atoms with Crippen molar-refractivity contribution in [3.05, 3.63) is 78.4 Å². The molecule has 0 aliphatic carbocycles. The number of hydrogen-bond acceptors (Lipinski definition) is 5. The quantitative estimate of drug-likeness (QED) is 0.616. The van der Waals surface area contributed by atoms with Crippen molar-refractivity contribution >= 4 is 27.3 Å². The number of hydrogen-bond donors (Lipinski definition) is 2. The molecule has 0 aliphatic heterocycles. The molecule has 0 unspecified atom stereocenters. The van der Waals surface area contributed by atoms with E-state index >= 15 is 0 Å². The SMILES string of the molecule is COc1cc(S(=O)(=O)Nc2ccccc2)c(OC)cc1NC(=O)c1ccccc1. The molecule has 3 aromatic carbocycles. The Kier molecular flexibility index (Phi) is 6.04. The van der Waals surface area contributed by atoms with E-state index in [9.17, 15) is 13.2 Å². The van der Waals surface area contributed by atoms with Crippen molar-refractivity contribution in [3.8, 4) is 11.5 Å². The van der Waals surface area contributed by atoms with E-state index in [4.69, 9.17) is 9.47 Å². The van der Waals surface area contributed by atoms with Crippen molar-refractivity contribution in [2.45, 2.75) is 4.90 Å². The molecule has 2 N–H and O–H groups in total. The highest BCUT2D eigenvalue weighted by Crippen LogP contribution is 2.36. The number of para-hydroxylation sites is 1. The molecular weight excluding hydrogens is 392 g/mol. The molecule has 29 heavy (non-hydrogen) atoms. The lowest BCUT2D eigenvalue weighted by atomic mass is 10.2. The molecule has 0 fully saturated rings. The van der Waals surface area contributed by atoms with Crippen LogP contribution in [0.3, 0.4) is 0 Å². The third-order valence-electron chi connectivity index (χ3n) is 4.09. The highest BCUT2D eigenvalue weighted by molar-refractivity contribution is 7.92. The molecule has 0 saturated carbocycles. The van der Waals surface area contributed by atoms with Crippen molar-refractivity contribution < 1.29 is 22.7 Å². The van der Waals surface area contributed by atoms with E-state index in [1.54, 1.807) is 60.7 Å². The molecule has 7 nitrogen and oxygen atoms in total. The van der Waals surface area contributed by atoms with Gasteiger partial charge in [-0.25, -0.2) is 8.42 Å². The predicted octanol–water partition coefficient (Wildman–Crippen LogP) is 3.76. The van der Waals surface area contributed by atoms with Crippen LogP contribution in [-0.2, 0) is 10.0 Å². The summed E-state index contributed by atoms with van der Waals surface area (Å²) in [6, 6.07) is 19.9. The number of carbonyl (C=O) groups is 1. The summed E-state index contributed by atoms with van der Waals surface area (Å²) >= 11 is 0. The largest absolute Gasteiger partial charge is 0.495 e. The van der Waals surface area contributed by atoms with E-state index in [1.807, 2.05) is 0 Å². The maximum atomic E-state index is 12.9. The lowest BCUT2D eigenvalue weighted by molar-refractivity contribution is 0.102. The minimum atomic E-state index is -3.95. The summed E-state index contributed by atoms with van der Waals surface area (Å²) in [5.74, 6) is -0.106. The Hall–Kier alpha value is -3.52. The second kappa shape index (κ2) is 8.66. The molecule has 0 atom stereocenters. The molecule has 3 aromatic rings. The lowest BCUT2D eigenvalue weighted by Crippen LogP contribution is -2.16. The van der Waals surface area contributed by atoms with Gasteiger partial charge < -0.3 is 14.8 Å². The molecule has 8 heteroatoms. The minimum absolute atomic E-state index is 0.0672. The van der Waals surface area contributed by atoms with Gasteiger partial charge in [-0.1, -0.05) is 36.4 Å². The summed E-state index contributed by atoms with van der Waals surface area (Å²) < 4.78 is 38.8. The van der Waals surface area contributed by atoms with Crippen molar-refractivity contribution in [3.63, 3.8) is 0 Å². The fourth-order valence-corrected chi connectivity index (χ4v) is 3.90. The number of amides is 1. The van der Waals surface area contributed by atoms with Gasteiger partial charge in [-0.3, -0.25) is 9.52 Å². The maximum absolute atomic E-state index is 12.9. The van der Waals surface area contributed by atoms with E-state index in [-0.39, 0.29) is 28.0 Å². The first kappa shape index (κ1) is 20.2. The lowest BCUT2D eigenvalue weighted by Gasteiger charge is -2.16. The summed E-state index contributed by atoms with van der Waals surface area (Å²) in [7, 11) is -1.21. The zero-order valence-corrected chi connectivity index (χ0v) is 16.7. The summed E-state index contributed by atoms with van der Waals surface area (Å²) in [6.45, 7) is 0. The van der Waals surface area contributed by atoms with Gasteiger partial charge in [0.15, 0.2) is 0 Å². The number of ether oxygens (including phenoxy) is 2. The second-order valence-electron chi connectivity index (χ2n) is 6.00. The first-order valence-corrected chi connectivity index (χ1v) is 10.1. The van der Waals surface area contributed by atoms with E-state index < -0.39 is 10.0 Å². The van der Waals surface area contributed by atoms with Crippen LogP contribution in [0.1, 0.15) is 10.4 Å². The van der Waals surface area contributed by atoms with Gasteiger partial charge in [0.05, 0.1) is 19.9 Å². The zero-order chi connectivity index (χ0) is 20.9. The first-order chi connectivity index (χ1) is 13.9. The fraction of sp³-hybridized carbons (Fsp3) is 0.0952. The number of benzene rings is 3. The predicted molar refractivity (Wildman–Crippen MR) is 111 cm³/mol. The monoisotopic (exact) mass is 412 g/mol. The molecule has 0 spiro atoms. The molecule has 0 aliphatic rings. The van der Waals surface area contributed by atoms with Gasteiger partial charge in [-0.05, 0) is 24.3 Å². The van der Waals surface area contributed by atoms with Crippen LogP contribution in [0.5, 0.6) is 11.5 Å². The standard InChI is InChI=1S/C21H20N2O5S/c1-27-18-14-20(29(25,26)23-16-11-7-4-8-12-16)19(28-2)13-17(18)22-21(24)15-9-5-3-6-10-15/h3-14,23H,1-2H3,(H,22,24). The molecular formula is C21H20N2O5S. The van der Waals surface area contributed by atoms with E-state index in [1.165, 1.54) is 26.4 Å². The molecule has 0 aromatic heterocycles. The van der Waals surface area contributed by atoms with Gasteiger partial charge in [0.2, 0.25) is 0 Å². The van der Waals surface area contributed by atoms with Crippen LogP contribution in [0.4, 0.5) is 11.4 Å². The van der Waals surface area contributed by atoms with Crippen LogP contribution in [0.25, 0.3) is 0 Å². The number of methoxy groups -OCH3 is 2. The topological polar surface area (TPSA) is 93.7 Å². The second-order valence-corrected chi connectivity index (χ2v) is 7.65. The number of rotatable bonds is 7. The van der Waals surface area contributed by atoms with E-state index in [0.717, 1.165) is 0 Å². The molecule has 1 amide bonds. The normalized spacial score (nSPS) is 10.8. The van der Waals surface area contributed by atoms with Gasteiger partial charge >= 0.3 is 0 Å². The number of nitrogens with one attached hydrogen (secondary N) is 2. The Morgan fingerprint density at radius 2 is 1.41 bits per heavy atom. The van der Waals surface area contributed by atoms with Gasteiger partial charge in [0, 0.05) is 23.4 Å². The van der Waals surface area contributed by atoms with Crippen LogP contribution < -0.4 is 19.5 Å². The molecule has 150 valence electrons. The summed E-state index contributed by atoms with van der Waals surface area (Å²) in [4.78, 5) is 12.4. The minimum Gasteiger partial charge on any atom is -0.495 e. The highest BCUT2D eigenvalue weighted by atomic mass is 32.2. The Morgan fingerprint density at radius 1 is 0.828 bits per heavy atom. The molecule has 0 heterocycles. The average Bonchev–Trinajstić information content (AvgIpc) is 2.74. The van der Waals surface area contributed by atoms with Crippen LogP contribution in [0, 0.1) is 0 Å². The Balaban J connectivity index is 1.97. The maximum Gasteiger partial charge on any atom is 0.265 e. The van der Waals surface area contributed by atoms with Crippen LogP contribution in [0.15, 0.2) is 77.7 Å². The molecule has 0 bridgehead atoms. The van der Waals surface area contributed by atoms with Crippen LogP contribution >= 0.6 is 0 Å². The summed E-state index contributed by atoms with van der Waals surface area (Å²) in [5, 5.41) is 2.72. The van der Waals surface area contributed by atoms with Gasteiger partial charge in [0.1, 0.15) is 16.4 Å². The number of anilines is 2. The van der Waals surface area contributed by atoms with E-state index in [0.29, 0.717) is 11.3 Å². The first-order valence-electron chi connectivity index (χ1n) is 8.65. The zero-order valence-electron chi connectivity index (χ0n) is 15.9. The number of sulfonamides is 1. The molecule has 3 rings (SSSR count). The smallest absolute Gasteiger partial charge is 0.265 e. The average molecular weight is 412 g/mol. The Bertz CT molecular complexity index is 1100. The van der Waals surface area contributed by atoms with Crippen molar-refractivity contribution in [2.75, 3.05) is 24.3 Å². The fourth-order valence-electron chi connectivity index (χ4n) is 2.68. The third-order valence-corrected chi connectivity index (χ3v) is 5.49. The third kappa shape index (κ3) is 4.67. The van der Waals surface area contributed by atoms with Crippen molar-refractivity contribution in [1.82, 2.24) is 0 Å². The van der Waals surface area contributed by atoms with Crippen LogP contribution in [-0.4, -0.2) is 28.5 Å². The van der Waals surface area contributed by atoms with Gasteiger partial charge in [-0.2, -0.15) is 0 Å². The van der Waals surface area contributed by atoms with Gasteiger partial charge in [0.25, 0.3) is 15.9 Å². The molecule has 0 radical (unpaired) electrons. The van der Waals surface area contributed by atoms with Crippen molar-refractivity contribution in [2.24, 2.45) is 0 Å². The van der Waals surface area contributed by atoms with E-state index in [2.05, 4.69) is 10.0 Å². The highest BCUT2D eigenvalue weighted by Gasteiger charge is 2.23. The number of carbonyl (C=O) groups excluding carboxylic acids is 1. The summed E-state index contributed by atoms with van der Waals surface area (Å²) in [6.07, 6.45) is 0. The molecule has 0 saturated heterocycles. The van der Waals surface area contributed by atoms with Crippen molar-refractivity contribution in [1.29, 1.82) is 0 Å². The Morgan fingerprint density at radius 3 is 2.00 bits per heavy atom. The van der Waals surface area contributed by atoms with Gasteiger partial charge in [-0.15, -0.1) is 0 Å². The van der Waals surface area contributed by atoms with Crippen LogP contribution in [0.2, 0.25) is 0 Å². The Labute approximate surface area is 169 Å².